The van der Waals surface area contributed by atoms with Crippen LogP contribution in [0.2, 0.25) is 0 Å². The van der Waals surface area contributed by atoms with Crippen LogP contribution >= 0.6 is 0 Å². The summed E-state index contributed by atoms with van der Waals surface area (Å²) in [5, 5.41) is 10.9. The van der Waals surface area contributed by atoms with Crippen molar-refractivity contribution in [2.45, 2.75) is 39.4 Å². The monoisotopic (exact) mass is 378 g/mol. The second kappa shape index (κ2) is 8.43. The minimum absolute atomic E-state index is 0.224. The molecule has 4 rings (SSSR count). The number of hydrogen-bond donors (Lipinski definition) is 2. The molecule has 28 heavy (non-hydrogen) atoms. The molecule has 0 bridgehead atoms. The highest BCUT2D eigenvalue weighted by Crippen LogP contribution is 2.24. The number of pyridine rings is 1. The summed E-state index contributed by atoms with van der Waals surface area (Å²) in [6.45, 7) is 9.25. The number of aromatic nitrogens is 2. The van der Waals surface area contributed by atoms with Crippen LogP contribution in [-0.4, -0.2) is 57.2 Å². The zero-order valence-corrected chi connectivity index (χ0v) is 16.9. The average molecular weight is 379 g/mol. The smallest absolute Gasteiger partial charge is 0.0547 e. The number of nitrogens with one attached hydrogen (secondary N) is 1. The molecule has 2 aromatic heterocycles. The van der Waals surface area contributed by atoms with Gasteiger partial charge in [-0.2, -0.15) is 0 Å². The van der Waals surface area contributed by atoms with Gasteiger partial charge < -0.3 is 10.1 Å². The summed E-state index contributed by atoms with van der Waals surface area (Å²) in [5.74, 6) is 0. The molecule has 3 aromatic rings. The van der Waals surface area contributed by atoms with Crippen LogP contribution in [0.1, 0.15) is 29.1 Å². The lowest BCUT2D eigenvalue weighted by Gasteiger charge is -2.41. The molecule has 1 atom stereocenters. The maximum atomic E-state index is 9.59. The van der Waals surface area contributed by atoms with E-state index in [2.05, 4.69) is 63.1 Å². The fourth-order valence-electron chi connectivity index (χ4n) is 4.35. The van der Waals surface area contributed by atoms with Gasteiger partial charge in [0.2, 0.25) is 0 Å². The Morgan fingerprint density at radius 1 is 1.07 bits per heavy atom. The molecular weight excluding hydrogens is 348 g/mol. The second-order valence-electron chi connectivity index (χ2n) is 7.92. The quantitative estimate of drug-likeness (QED) is 0.691. The van der Waals surface area contributed by atoms with E-state index in [1.807, 2.05) is 13.0 Å². The van der Waals surface area contributed by atoms with Gasteiger partial charge in [0, 0.05) is 67.7 Å². The molecule has 3 heterocycles. The number of nitrogens with zero attached hydrogens (tertiary/aromatic N) is 3. The van der Waals surface area contributed by atoms with Crippen LogP contribution < -0.4 is 0 Å². The summed E-state index contributed by atoms with van der Waals surface area (Å²) in [6.07, 6.45) is 0.800. The topological polar surface area (TPSA) is 55.4 Å². The van der Waals surface area contributed by atoms with Crippen LogP contribution in [0.15, 0.2) is 42.5 Å². The summed E-state index contributed by atoms with van der Waals surface area (Å²) in [5.41, 5.74) is 6.04. The van der Waals surface area contributed by atoms with Gasteiger partial charge in [0.15, 0.2) is 0 Å². The van der Waals surface area contributed by atoms with Crippen molar-refractivity contribution in [3.63, 3.8) is 0 Å². The first-order chi connectivity index (χ1) is 13.6. The van der Waals surface area contributed by atoms with Gasteiger partial charge in [0.05, 0.1) is 5.69 Å². The molecule has 0 spiro atoms. The van der Waals surface area contributed by atoms with Crippen LogP contribution in [-0.2, 0) is 13.1 Å². The Labute approximate surface area is 167 Å². The van der Waals surface area contributed by atoms with Gasteiger partial charge in [-0.25, -0.2) is 0 Å². The van der Waals surface area contributed by atoms with Crippen molar-refractivity contribution in [2.24, 2.45) is 0 Å². The highest BCUT2D eigenvalue weighted by Gasteiger charge is 2.27. The van der Waals surface area contributed by atoms with Gasteiger partial charge in [0.1, 0.15) is 0 Å². The number of aryl methyl sites for hydroxylation is 2. The highest BCUT2D eigenvalue weighted by molar-refractivity contribution is 5.84. The minimum atomic E-state index is 0.224. The predicted octanol–water partition coefficient (Wildman–Crippen LogP) is 3.25. The summed E-state index contributed by atoms with van der Waals surface area (Å²) >= 11 is 0. The standard InChI is InChI=1S/C23H30N4O/c1-17-6-5-7-19(24-17)14-27-12-11-26(15-20(27)10-13-28)16-23-18(2)21-8-3-4-9-22(21)25-23/h3-9,20,25,28H,10-16H2,1-2H3/t20-/m0/s1. The highest BCUT2D eigenvalue weighted by atomic mass is 16.3. The molecule has 1 aliphatic heterocycles. The van der Waals surface area contributed by atoms with Crippen molar-refractivity contribution in [3.8, 4) is 0 Å². The molecule has 5 heteroatoms. The van der Waals surface area contributed by atoms with E-state index in [-0.39, 0.29) is 6.61 Å². The lowest BCUT2D eigenvalue weighted by Crippen LogP contribution is -2.52. The van der Waals surface area contributed by atoms with Gasteiger partial charge in [-0.15, -0.1) is 0 Å². The number of aromatic amines is 1. The number of fused-ring (bicyclic) bond motifs is 1. The number of hydrogen-bond acceptors (Lipinski definition) is 4. The first kappa shape index (κ1) is 19.1. The van der Waals surface area contributed by atoms with E-state index in [0.717, 1.165) is 50.5 Å². The minimum Gasteiger partial charge on any atom is -0.396 e. The lowest BCUT2D eigenvalue weighted by molar-refractivity contribution is 0.0486. The molecule has 1 saturated heterocycles. The van der Waals surface area contributed by atoms with Crippen molar-refractivity contribution in [2.75, 3.05) is 26.2 Å². The summed E-state index contributed by atoms with van der Waals surface area (Å²) < 4.78 is 0. The Morgan fingerprint density at radius 2 is 1.93 bits per heavy atom. The second-order valence-corrected chi connectivity index (χ2v) is 7.92. The number of aliphatic hydroxyl groups excluding tert-OH is 1. The fourth-order valence-corrected chi connectivity index (χ4v) is 4.35. The van der Waals surface area contributed by atoms with E-state index in [4.69, 9.17) is 0 Å². The Bertz CT molecular complexity index is 935. The fraction of sp³-hybridized carbons (Fsp3) is 0.435. The van der Waals surface area contributed by atoms with E-state index in [1.165, 1.54) is 22.2 Å². The predicted molar refractivity (Wildman–Crippen MR) is 113 cm³/mol. The van der Waals surface area contributed by atoms with Crippen molar-refractivity contribution < 1.29 is 5.11 Å². The van der Waals surface area contributed by atoms with Crippen LogP contribution in [0.5, 0.6) is 0 Å². The van der Waals surface area contributed by atoms with Crippen LogP contribution in [0.3, 0.4) is 0 Å². The normalized spacial score (nSPS) is 18.8. The number of rotatable bonds is 6. The molecular formula is C23H30N4O. The van der Waals surface area contributed by atoms with Gasteiger partial charge in [-0.1, -0.05) is 24.3 Å². The molecule has 2 N–H and O–H groups in total. The van der Waals surface area contributed by atoms with Gasteiger partial charge >= 0.3 is 0 Å². The van der Waals surface area contributed by atoms with E-state index in [0.29, 0.717) is 6.04 Å². The SMILES string of the molecule is Cc1cccc(CN2CCN(Cc3[nH]c4ccccc4c3C)C[C@@H]2CCO)n1. The van der Waals surface area contributed by atoms with E-state index >= 15 is 0 Å². The molecule has 1 aromatic carbocycles. The Hall–Kier alpha value is -2.21. The average Bonchev–Trinajstić information content (AvgIpc) is 3.00. The third-order valence-electron chi connectivity index (χ3n) is 5.91. The first-order valence-corrected chi connectivity index (χ1v) is 10.2. The van der Waals surface area contributed by atoms with Crippen molar-refractivity contribution in [1.82, 2.24) is 19.8 Å². The molecule has 0 unspecified atom stereocenters. The third kappa shape index (κ3) is 4.12. The Balaban J connectivity index is 1.45. The Morgan fingerprint density at radius 3 is 2.71 bits per heavy atom. The van der Waals surface area contributed by atoms with Gasteiger partial charge in [0.25, 0.3) is 0 Å². The molecule has 1 fully saturated rings. The molecule has 1 aliphatic rings. The summed E-state index contributed by atoms with van der Waals surface area (Å²) in [4.78, 5) is 13.3. The number of benzene rings is 1. The molecule has 0 aliphatic carbocycles. The first-order valence-electron chi connectivity index (χ1n) is 10.2. The van der Waals surface area contributed by atoms with E-state index in [9.17, 15) is 5.11 Å². The largest absolute Gasteiger partial charge is 0.396 e. The molecule has 5 nitrogen and oxygen atoms in total. The number of aliphatic hydroxyl groups is 1. The van der Waals surface area contributed by atoms with Crippen LogP contribution in [0.25, 0.3) is 10.9 Å². The number of para-hydroxylation sites is 1. The van der Waals surface area contributed by atoms with E-state index < -0.39 is 0 Å². The van der Waals surface area contributed by atoms with E-state index in [1.54, 1.807) is 0 Å². The molecule has 0 amide bonds. The van der Waals surface area contributed by atoms with Crippen molar-refractivity contribution in [3.05, 3.63) is 65.1 Å². The van der Waals surface area contributed by atoms with Crippen LogP contribution in [0, 0.1) is 13.8 Å². The summed E-state index contributed by atoms with van der Waals surface area (Å²) in [6, 6.07) is 15.1. The van der Waals surface area contributed by atoms with Crippen LogP contribution in [0.4, 0.5) is 0 Å². The zero-order chi connectivity index (χ0) is 19.5. The number of H-pyrrole nitrogens is 1. The maximum absolute atomic E-state index is 9.59. The number of piperazine rings is 1. The van der Waals surface area contributed by atoms with Gasteiger partial charge in [-0.05, 0) is 44.0 Å². The zero-order valence-electron chi connectivity index (χ0n) is 16.9. The Kier molecular flexibility index (Phi) is 5.76. The molecule has 0 radical (unpaired) electrons. The molecule has 148 valence electrons. The third-order valence-corrected chi connectivity index (χ3v) is 5.91. The van der Waals surface area contributed by atoms with Crippen molar-refractivity contribution in [1.29, 1.82) is 0 Å². The molecule has 0 saturated carbocycles. The summed E-state index contributed by atoms with van der Waals surface area (Å²) in [7, 11) is 0. The maximum Gasteiger partial charge on any atom is 0.0547 e. The van der Waals surface area contributed by atoms with Gasteiger partial charge in [-0.3, -0.25) is 14.8 Å². The van der Waals surface area contributed by atoms with Crippen molar-refractivity contribution >= 4 is 10.9 Å². The lowest BCUT2D eigenvalue weighted by atomic mass is 10.1.